The molecule has 6 heteroatoms. The number of anilines is 2. The van der Waals surface area contributed by atoms with Crippen LogP contribution in [-0.2, 0) is 4.74 Å². The number of phenols is 1. The Kier molecular flexibility index (Phi) is 3.57. The van der Waals surface area contributed by atoms with Gasteiger partial charge in [-0.15, -0.1) is 0 Å². The number of hydrogen-bond acceptors (Lipinski definition) is 6. The average molecular weight is 295 g/mol. The van der Waals surface area contributed by atoms with Gasteiger partial charge in [0.2, 0.25) is 0 Å². The van der Waals surface area contributed by atoms with Gasteiger partial charge in [-0.25, -0.2) is 9.78 Å². The zero-order valence-electron chi connectivity index (χ0n) is 11.8. The second kappa shape index (κ2) is 5.69. The van der Waals surface area contributed by atoms with Gasteiger partial charge in [-0.05, 0) is 30.3 Å². The Morgan fingerprint density at radius 2 is 1.95 bits per heavy atom. The van der Waals surface area contributed by atoms with E-state index in [4.69, 9.17) is 0 Å². The number of phenolic OH excluding ortho intramolecular Hbond substituents is 1. The lowest BCUT2D eigenvalue weighted by molar-refractivity contribution is 0.0600. The molecule has 110 valence electrons. The predicted octanol–water partition coefficient (Wildman–Crippen LogP) is 2.87. The van der Waals surface area contributed by atoms with Crippen molar-refractivity contribution < 1.29 is 14.6 Å². The average Bonchev–Trinajstić information content (AvgIpc) is 2.56. The molecule has 22 heavy (non-hydrogen) atoms. The SMILES string of the molecule is COC(=O)c1ccc(Nc2cnc3ccccc3n2)c(O)c1. The highest BCUT2D eigenvalue weighted by atomic mass is 16.5. The fraction of sp³-hybridized carbons (Fsp3) is 0.0625. The molecule has 0 aliphatic rings. The molecule has 0 saturated heterocycles. The van der Waals surface area contributed by atoms with Crippen molar-refractivity contribution in [1.82, 2.24) is 9.97 Å². The van der Waals surface area contributed by atoms with Crippen LogP contribution in [0.5, 0.6) is 5.75 Å². The van der Waals surface area contributed by atoms with Crippen LogP contribution >= 0.6 is 0 Å². The lowest BCUT2D eigenvalue weighted by atomic mass is 10.2. The molecule has 0 fully saturated rings. The number of benzene rings is 2. The number of carbonyl (C=O) groups is 1. The lowest BCUT2D eigenvalue weighted by Gasteiger charge is -2.09. The Morgan fingerprint density at radius 3 is 2.68 bits per heavy atom. The number of nitrogens with one attached hydrogen (secondary N) is 1. The summed E-state index contributed by atoms with van der Waals surface area (Å²) in [5.74, 6) is -0.0787. The number of aromatic hydroxyl groups is 1. The zero-order chi connectivity index (χ0) is 15.5. The first kappa shape index (κ1) is 13.8. The molecular weight excluding hydrogens is 282 g/mol. The molecule has 0 bridgehead atoms. The maximum atomic E-state index is 11.4. The maximum Gasteiger partial charge on any atom is 0.337 e. The minimum atomic E-state index is -0.507. The highest BCUT2D eigenvalue weighted by Crippen LogP contribution is 2.27. The predicted molar refractivity (Wildman–Crippen MR) is 82.3 cm³/mol. The molecule has 3 aromatic rings. The van der Waals surface area contributed by atoms with E-state index in [2.05, 4.69) is 20.0 Å². The van der Waals surface area contributed by atoms with Gasteiger partial charge in [-0.1, -0.05) is 12.1 Å². The second-order valence-corrected chi connectivity index (χ2v) is 4.59. The van der Waals surface area contributed by atoms with E-state index in [-0.39, 0.29) is 11.3 Å². The minimum Gasteiger partial charge on any atom is -0.506 e. The molecule has 0 saturated carbocycles. The zero-order valence-corrected chi connectivity index (χ0v) is 11.8. The molecule has 0 radical (unpaired) electrons. The van der Waals surface area contributed by atoms with Crippen LogP contribution in [0.3, 0.4) is 0 Å². The van der Waals surface area contributed by atoms with Crippen LogP contribution in [-0.4, -0.2) is 28.2 Å². The molecule has 0 atom stereocenters. The van der Waals surface area contributed by atoms with E-state index in [9.17, 15) is 9.90 Å². The second-order valence-electron chi connectivity index (χ2n) is 4.59. The molecule has 0 amide bonds. The van der Waals surface area contributed by atoms with E-state index in [1.807, 2.05) is 24.3 Å². The van der Waals surface area contributed by atoms with Crippen molar-refractivity contribution in [3.05, 3.63) is 54.2 Å². The minimum absolute atomic E-state index is 0.0714. The van der Waals surface area contributed by atoms with E-state index < -0.39 is 5.97 Å². The highest BCUT2D eigenvalue weighted by molar-refractivity contribution is 5.91. The van der Waals surface area contributed by atoms with Gasteiger partial charge in [0.1, 0.15) is 11.6 Å². The smallest absolute Gasteiger partial charge is 0.337 e. The molecule has 2 aromatic carbocycles. The normalized spacial score (nSPS) is 10.4. The van der Waals surface area contributed by atoms with Crippen molar-refractivity contribution in [3.8, 4) is 5.75 Å². The van der Waals surface area contributed by atoms with Crippen molar-refractivity contribution in [2.75, 3.05) is 12.4 Å². The first-order chi connectivity index (χ1) is 10.7. The van der Waals surface area contributed by atoms with Crippen LogP contribution in [0.2, 0.25) is 0 Å². The van der Waals surface area contributed by atoms with Crippen molar-refractivity contribution >= 4 is 28.5 Å². The molecule has 0 aliphatic carbocycles. The molecular formula is C16H13N3O3. The van der Waals surface area contributed by atoms with E-state index in [0.717, 1.165) is 11.0 Å². The number of rotatable bonds is 3. The number of methoxy groups -OCH3 is 1. The summed E-state index contributed by atoms with van der Waals surface area (Å²) in [5.41, 5.74) is 2.24. The van der Waals surface area contributed by atoms with Crippen LogP contribution in [0.1, 0.15) is 10.4 Å². The number of nitrogens with zero attached hydrogens (tertiary/aromatic N) is 2. The number of aromatic nitrogens is 2. The van der Waals surface area contributed by atoms with Gasteiger partial charge >= 0.3 is 5.97 Å². The van der Waals surface area contributed by atoms with E-state index in [1.54, 1.807) is 18.3 Å². The third kappa shape index (κ3) is 2.67. The topological polar surface area (TPSA) is 84.3 Å². The Labute approximate surface area is 126 Å². The van der Waals surface area contributed by atoms with Gasteiger partial charge in [-0.2, -0.15) is 0 Å². The highest BCUT2D eigenvalue weighted by Gasteiger charge is 2.10. The number of para-hydroxylation sites is 2. The van der Waals surface area contributed by atoms with Gasteiger partial charge in [-0.3, -0.25) is 4.98 Å². The van der Waals surface area contributed by atoms with Gasteiger partial charge in [0.25, 0.3) is 0 Å². The molecule has 3 rings (SSSR count). The fourth-order valence-corrected chi connectivity index (χ4v) is 2.04. The molecule has 1 heterocycles. The van der Waals surface area contributed by atoms with Crippen LogP contribution < -0.4 is 5.32 Å². The van der Waals surface area contributed by atoms with Gasteiger partial charge < -0.3 is 15.2 Å². The number of ether oxygens (including phenoxy) is 1. The first-order valence-corrected chi connectivity index (χ1v) is 6.57. The summed E-state index contributed by atoms with van der Waals surface area (Å²) < 4.78 is 4.60. The molecule has 0 unspecified atom stereocenters. The molecule has 2 N–H and O–H groups in total. The number of fused-ring (bicyclic) bond motifs is 1. The summed E-state index contributed by atoms with van der Waals surface area (Å²) in [7, 11) is 1.29. The van der Waals surface area contributed by atoms with Gasteiger partial charge in [0, 0.05) is 0 Å². The van der Waals surface area contributed by atoms with Gasteiger partial charge in [0.15, 0.2) is 0 Å². The van der Waals surface area contributed by atoms with E-state index in [1.165, 1.54) is 13.2 Å². The van der Waals surface area contributed by atoms with Crippen molar-refractivity contribution in [2.45, 2.75) is 0 Å². The third-order valence-electron chi connectivity index (χ3n) is 3.13. The summed E-state index contributed by atoms with van der Waals surface area (Å²) >= 11 is 0. The van der Waals surface area contributed by atoms with Crippen molar-refractivity contribution in [3.63, 3.8) is 0 Å². The summed E-state index contributed by atoms with van der Waals surface area (Å²) in [5, 5.41) is 13.0. The van der Waals surface area contributed by atoms with Crippen LogP contribution in [0, 0.1) is 0 Å². The van der Waals surface area contributed by atoms with Crippen molar-refractivity contribution in [1.29, 1.82) is 0 Å². The Balaban J connectivity index is 1.89. The summed E-state index contributed by atoms with van der Waals surface area (Å²) in [4.78, 5) is 20.1. The van der Waals surface area contributed by atoms with Crippen LogP contribution in [0.25, 0.3) is 11.0 Å². The third-order valence-corrected chi connectivity index (χ3v) is 3.13. The summed E-state index contributed by atoms with van der Waals surface area (Å²) in [6.07, 6.45) is 1.58. The Bertz CT molecular complexity index is 849. The lowest BCUT2D eigenvalue weighted by Crippen LogP contribution is -2.02. The van der Waals surface area contributed by atoms with Gasteiger partial charge in [0.05, 0.1) is 35.6 Å². The van der Waals surface area contributed by atoms with Crippen molar-refractivity contribution in [2.24, 2.45) is 0 Å². The Hall–Kier alpha value is -3.15. The standard InChI is InChI=1S/C16H13N3O3/c1-22-16(21)10-6-7-13(14(20)8-10)19-15-9-17-11-4-2-3-5-12(11)18-15/h2-9,20H,1H3,(H,18,19). The van der Waals surface area contributed by atoms with E-state index >= 15 is 0 Å². The quantitative estimate of drug-likeness (QED) is 0.571. The molecule has 6 nitrogen and oxygen atoms in total. The molecule has 0 aliphatic heterocycles. The first-order valence-electron chi connectivity index (χ1n) is 6.57. The largest absolute Gasteiger partial charge is 0.506 e. The summed E-state index contributed by atoms with van der Waals surface area (Å²) in [6, 6.07) is 12.0. The molecule has 0 spiro atoms. The fourth-order valence-electron chi connectivity index (χ4n) is 2.04. The monoisotopic (exact) mass is 295 g/mol. The maximum absolute atomic E-state index is 11.4. The number of hydrogen-bond donors (Lipinski definition) is 2. The summed E-state index contributed by atoms with van der Waals surface area (Å²) in [6.45, 7) is 0. The Morgan fingerprint density at radius 1 is 1.18 bits per heavy atom. The van der Waals surface area contributed by atoms with Crippen LogP contribution in [0.15, 0.2) is 48.7 Å². The van der Waals surface area contributed by atoms with E-state index in [0.29, 0.717) is 11.5 Å². The number of carbonyl (C=O) groups excluding carboxylic acids is 1. The number of esters is 1. The van der Waals surface area contributed by atoms with Crippen LogP contribution in [0.4, 0.5) is 11.5 Å². The molecule has 1 aromatic heterocycles.